The number of H-pyrrole nitrogens is 1. The number of aromatic carboxylic acids is 1. The van der Waals surface area contributed by atoms with Gasteiger partial charge in [0.05, 0.1) is 29.3 Å². The molecule has 2 N–H and O–H groups in total. The predicted molar refractivity (Wildman–Crippen MR) is 110 cm³/mol. The molecule has 0 amide bonds. The van der Waals surface area contributed by atoms with Crippen molar-refractivity contribution in [2.75, 3.05) is 20.2 Å². The van der Waals surface area contributed by atoms with E-state index >= 15 is 0 Å². The lowest BCUT2D eigenvalue weighted by Crippen LogP contribution is -2.24. The molecule has 31 heavy (non-hydrogen) atoms. The van der Waals surface area contributed by atoms with Crippen LogP contribution in [-0.4, -0.2) is 64.4 Å². The SMILES string of the molecule is COC(=O)c1ccc2nc(COC3CN(Cc4ccc(C(=O)O)cc4)CC3F)[nH]c2c1. The molecule has 4 rings (SSSR count). The first-order valence-electron chi connectivity index (χ1n) is 9.80. The van der Waals surface area contributed by atoms with Crippen LogP contribution in [0.1, 0.15) is 32.1 Å². The summed E-state index contributed by atoms with van der Waals surface area (Å²) in [4.78, 5) is 32.0. The molecule has 8 nitrogen and oxygen atoms in total. The molecule has 9 heteroatoms. The second-order valence-corrected chi connectivity index (χ2v) is 7.47. The lowest BCUT2D eigenvalue weighted by atomic mass is 10.1. The van der Waals surface area contributed by atoms with Crippen molar-refractivity contribution >= 4 is 23.0 Å². The fourth-order valence-electron chi connectivity index (χ4n) is 3.67. The third kappa shape index (κ3) is 4.73. The first-order valence-corrected chi connectivity index (χ1v) is 9.80. The number of imidazole rings is 1. The van der Waals surface area contributed by atoms with Gasteiger partial charge in [-0.25, -0.2) is 19.0 Å². The van der Waals surface area contributed by atoms with Gasteiger partial charge in [-0.15, -0.1) is 0 Å². The van der Waals surface area contributed by atoms with E-state index in [1.807, 2.05) is 4.90 Å². The Morgan fingerprint density at radius 2 is 1.94 bits per heavy atom. The maximum absolute atomic E-state index is 14.5. The van der Waals surface area contributed by atoms with Crippen LogP contribution in [0.3, 0.4) is 0 Å². The minimum Gasteiger partial charge on any atom is -0.478 e. The van der Waals surface area contributed by atoms with Gasteiger partial charge in [0.25, 0.3) is 0 Å². The van der Waals surface area contributed by atoms with Crippen molar-refractivity contribution in [1.82, 2.24) is 14.9 Å². The number of nitrogens with one attached hydrogen (secondary N) is 1. The van der Waals surface area contributed by atoms with Crippen molar-refractivity contribution < 1.29 is 28.6 Å². The summed E-state index contributed by atoms with van der Waals surface area (Å²) in [6.07, 6.45) is -1.72. The molecule has 3 aromatic rings. The van der Waals surface area contributed by atoms with Crippen LogP contribution in [0.25, 0.3) is 11.0 Å². The minimum absolute atomic E-state index is 0.120. The molecule has 1 saturated heterocycles. The molecule has 1 fully saturated rings. The van der Waals surface area contributed by atoms with Crippen LogP contribution < -0.4 is 0 Å². The third-order valence-corrected chi connectivity index (χ3v) is 5.27. The molecule has 1 aliphatic heterocycles. The van der Waals surface area contributed by atoms with Crippen LogP contribution in [0.4, 0.5) is 4.39 Å². The highest BCUT2D eigenvalue weighted by Gasteiger charge is 2.33. The summed E-state index contributed by atoms with van der Waals surface area (Å²) in [5, 5.41) is 8.97. The fraction of sp³-hybridized carbons (Fsp3) is 0.318. The van der Waals surface area contributed by atoms with Crippen LogP contribution in [-0.2, 0) is 22.6 Å². The van der Waals surface area contributed by atoms with E-state index in [-0.39, 0.29) is 18.7 Å². The number of alkyl halides is 1. The summed E-state index contributed by atoms with van der Waals surface area (Å²) in [5.41, 5.74) is 2.91. The summed E-state index contributed by atoms with van der Waals surface area (Å²) in [7, 11) is 1.32. The lowest BCUT2D eigenvalue weighted by molar-refractivity contribution is 0.00864. The normalized spacial score (nSPS) is 19.0. The molecule has 1 aliphatic rings. The second-order valence-electron chi connectivity index (χ2n) is 7.47. The monoisotopic (exact) mass is 427 g/mol. The number of aromatic nitrogens is 2. The molecule has 0 radical (unpaired) electrons. The molecule has 2 unspecified atom stereocenters. The number of carbonyl (C=O) groups excluding carboxylic acids is 1. The van der Waals surface area contributed by atoms with Gasteiger partial charge in [0.2, 0.25) is 0 Å². The molecule has 0 saturated carbocycles. The van der Waals surface area contributed by atoms with Gasteiger partial charge in [-0.2, -0.15) is 0 Å². The molecule has 0 aliphatic carbocycles. The quantitative estimate of drug-likeness (QED) is 0.559. The van der Waals surface area contributed by atoms with Crippen molar-refractivity contribution in [3.05, 3.63) is 65.0 Å². The van der Waals surface area contributed by atoms with Gasteiger partial charge < -0.3 is 19.6 Å². The topological polar surface area (TPSA) is 105 Å². The van der Waals surface area contributed by atoms with Crippen LogP contribution in [0.15, 0.2) is 42.5 Å². The smallest absolute Gasteiger partial charge is 0.337 e. The number of benzene rings is 2. The molecule has 162 valence electrons. The predicted octanol–water partition coefficient (Wildman–Crippen LogP) is 2.79. The van der Waals surface area contributed by atoms with Crippen LogP contribution >= 0.6 is 0 Å². The molecular formula is C22H22FN3O5. The molecule has 0 spiro atoms. The van der Waals surface area contributed by atoms with Crippen molar-refractivity contribution in [2.24, 2.45) is 0 Å². The molecule has 2 heterocycles. The third-order valence-electron chi connectivity index (χ3n) is 5.27. The fourth-order valence-corrected chi connectivity index (χ4v) is 3.67. The van der Waals surface area contributed by atoms with Crippen LogP contribution in [0.2, 0.25) is 0 Å². The number of methoxy groups -OCH3 is 1. The Bertz CT molecular complexity index is 1100. The summed E-state index contributed by atoms with van der Waals surface area (Å²) in [6, 6.07) is 11.6. The van der Waals surface area contributed by atoms with E-state index in [0.717, 1.165) is 5.56 Å². The highest BCUT2D eigenvalue weighted by molar-refractivity contribution is 5.93. The lowest BCUT2D eigenvalue weighted by Gasteiger charge is -2.15. The maximum Gasteiger partial charge on any atom is 0.337 e. The van der Waals surface area contributed by atoms with E-state index in [1.54, 1.807) is 42.5 Å². The number of ether oxygens (including phenoxy) is 2. The first kappa shape index (κ1) is 21.0. The Kier molecular flexibility index (Phi) is 5.97. The van der Waals surface area contributed by atoms with Gasteiger partial charge in [-0.05, 0) is 35.9 Å². The Hall–Kier alpha value is -3.30. The summed E-state index contributed by atoms with van der Waals surface area (Å²) in [5.74, 6) is -0.859. The number of aromatic amines is 1. The average molecular weight is 427 g/mol. The number of hydrogen-bond donors (Lipinski definition) is 2. The molecule has 2 atom stereocenters. The number of fused-ring (bicyclic) bond motifs is 1. The minimum atomic E-state index is -1.13. The standard InChI is InChI=1S/C22H22FN3O5/c1-30-22(29)15-6-7-17-18(8-15)25-20(24-17)12-31-19-11-26(10-16(19)23)9-13-2-4-14(5-3-13)21(27)28/h2-8,16,19H,9-12H2,1H3,(H,24,25)(H,27,28). The Balaban J connectivity index is 1.34. The van der Waals surface area contributed by atoms with E-state index in [1.165, 1.54) is 7.11 Å². The highest BCUT2D eigenvalue weighted by atomic mass is 19.1. The van der Waals surface area contributed by atoms with Crippen molar-refractivity contribution in [3.8, 4) is 0 Å². The highest BCUT2D eigenvalue weighted by Crippen LogP contribution is 2.21. The van der Waals surface area contributed by atoms with E-state index in [4.69, 9.17) is 14.6 Å². The summed E-state index contributed by atoms with van der Waals surface area (Å²) < 4.78 is 25.0. The van der Waals surface area contributed by atoms with Crippen LogP contribution in [0.5, 0.6) is 0 Å². The van der Waals surface area contributed by atoms with Gasteiger partial charge in [-0.3, -0.25) is 4.90 Å². The van der Waals surface area contributed by atoms with E-state index in [2.05, 4.69) is 9.97 Å². The second kappa shape index (κ2) is 8.83. The molecular weight excluding hydrogens is 405 g/mol. The number of hydrogen-bond acceptors (Lipinski definition) is 6. The number of likely N-dealkylation sites (tertiary alicyclic amines) is 1. The zero-order chi connectivity index (χ0) is 22.0. The Labute approximate surface area is 177 Å². The Morgan fingerprint density at radius 1 is 1.19 bits per heavy atom. The number of carboxylic acid groups (broad SMARTS) is 1. The number of carboxylic acids is 1. The van der Waals surface area contributed by atoms with Crippen molar-refractivity contribution in [3.63, 3.8) is 0 Å². The number of rotatable bonds is 7. The van der Waals surface area contributed by atoms with E-state index < -0.39 is 24.2 Å². The summed E-state index contributed by atoms with van der Waals surface area (Å²) in [6.45, 7) is 1.30. The number of carbonyl (C=O) groups is 2. The average Bonchev–Trinajstić information content (AvgIpc) is 3.33. The maximum atomic E-state index is 14.5. The Morgan fingerprint density at radius 3 is 2.65 bits per heavy atom. The van der Waals surface area contributed by atoms with Gasteiger partial charge >= 0.3 is 11.9 Å². The number of nitrogens with zero attached hydrogens (tertiary/aromatic N) is 2. The zero-order valence-corrected chi connectivity index (χ0v) is 16.9. The van der Waals surface area contributed by atoms with Crippen molar-refractivity contribution in [2.45, 2.75) is 25.4 Å². The van der Waals surface area contributed by atoms with Gasteiger partial charge in [0, 0.05) is 19.6 Å². The molecule has 0 bridgehead atoms. The largest absolute Gasteiger partial charge is 0.478 e. The van der Waals surface area contributed by atoms with Gasteiger partial charge in [-0.1, -0.05) is 12.1 Å². The van der Waals surface area contributed by atoms with Crippen LogP contribution in [0, 0.1) is 0 Å². The van der Waals surface area contributed by atoms with E-state index in [9.17, 15) is 14.0 Å². The van der Waals surface area contributed by atoms with Gasteiger partial charge in [0.15, 0.2) is 0 Å². The summed E-state index contributed by atoms with van der Waals surface area (Å²) >= 11 is 0. The van der Waals surface area contributed by atoms with Gasteiger partial charge in [0.1, 0.15) is 24.7 Å². The number of halogens is 1. The first-order chi connectivity index (χ1) is 14.9. The molecule has 2 aromatic carbocycles. The number of esters is 1. The van der Waals surface area contributed by atoms with Crippen molar-refractivity contribution in [1.29, 1.82) is 0 Å². The zero-order valence-electron chi connectivity index (χ0n) is 16.9. The molecule has 1 aromatic heterocycles. The van der Waals surface area contributed by atoms with E-state index in [0.29, 0.717) is 35.5 Å².